The quantitative estimate of drug-likeness (QED) is 0.834. The molecule has 0 radical (unpaired) electrons. The minimum Gasteiger partial charge on any atom is -0.480 e. The summed E-state index contributed by atoms with van der Waals surface area (Å²) < 4.78 is 5.06. The van der Waals surface area contributed by atoms with Gasteiger partial charge in [-0.15, -0.1) is 5.10 Å². The summed E-state index contributed by atoms with van der Waals surface area (Å²) in [5.41, 5.74) is 1.04. The van der Waals surface area contributed by atoms with Gasteiger partial charge in [-0.25, -0.2) is 0 Å². The molecule has 0 amide bonds. The van der Waals surface area contributed by atoms with Crippen LogP contribution in [-0.4, -0.2) is 58.8 Å². The molecule has 2 aliphatic heterocycles. The first-order valence-corrected chi connectivity index (χ1v) is 7.65. The number of methoxy groups -OCH3 is 1. The fraction of sp³-hybridized carbons (Fsp3) is 0.733. The van der Waals surface area contributed by atoms with Crippen molar-refractivity contribution in [1.82, 2.24) is 20.0 Å². The lowest BCUT2D eigenvalue weighted by atomic mass is 10.0. The third-order valence-electron chi connectivity index (χ3n) is 4.65. The molecule has 2 saturated heterocycles. The highest BCUT2D eigenvalue weighted by Crippen LogP contribution is 2.26. The molecule has 0 N–H and O–H groups in total. The average Bonchev–Trinajstić information content (AvgIpc) is 2.94. The van der Waals surface area contributed by atoms with Gasteiger partial charge in [-0.1, -0.05) is 6.92 Å². The van der Waals surface area contributed by atoms with Gasteiger partial charge in [0.25, 0.3) is 0 Å². The second-order valence-corrected chi connectivity index (χ2v) is 5.85. The molecule has 5 nitrogen and oxygen atoms in total. The van der Waals surface area contributed by atoms with E-state index in [1.165, 1.54) is 38.9 Å². The van der Waals surface area contributed by atoms with E-state index < -0.39 is 0 Å². The van der Waals surface area contributed by atoms with Crippen LogP contribution in [0.1, 0.15) is 31.9 Å². The van der Waals surface area contributed by atoms with Crippen LogP contribution in [0.3, 0.4) is 0 Å². The Balaban J connectivity index is 1.67. The van der Waals surface area contributed by atoms with Gasteiger partial charge in [-0.05, 0) is 31.9 Å². The fourth-order valence-corrected chi connectivity index (χ4v) is 3.48. The second kappa shape index (κ2) is 6.06. The first kappa shape index (κ1) is 13.8. The van der Waals surface area contributed by atoms with Crippen molar-refractivity contribution in [3.8, 4) is 5.88 Å². The zero-order valence-corrected chi connectivity index (χ0v) is 12.5. The van der Waals surface area contributed by atoms with Crippen molar-refractivity contribution in [2.45, 2.75) is 44.8 Å². The lowest BCUT2D eigenvalue weighted by Gasteiger charge is -2.43. The molecular formula is C15H24N4O. The molecule has 3 heterocycles. The summed E-state index contributed by atoms with van der Waals surface area (Å²) in [6, 6.07) is 5.33. The molecule has 0 bridgehead atoms. The number of rotatable bonds is 4. The number of hydrogen-bond donors (Lipinski definition) is 0. The summed E-state index contributed by atoms with van der Waals surface area (Å²) in [4.78, 5) is 5.26. The molecule has 110 valence electrons. The number of ether oxygens (including phenoxy) is 1. The maximum atomic E-state index is 5.06. The monoisotopic (exact) mass is 276 g/mol. The van der Waals surface area contributed by atoms with Crippen molar-refractivity contribution in [3.05, 3.63) is 17.8 Å². The van der Waals surface area contributed by atoms with E-state index in [9.17, 15) is 0 Å². The van der Waals surface area contributed by atoms with Crippen LogP contribution in [0.25, 0.3) is 0 Å². The molecule has 2 atom stereocenters. The first-order valence-electron chi connectivity index (χ1n) is 7.65. The van der Waals surface area contributed by atoms with E-state index in [0.717, 1.165) is 18.3 Å². The minimum atomic E-state index is 0.585. The van der Waals surface area contributed by atoms with E-state index in [0.29, 0.717) is 11.9 Å². The van der Waals surface area contributed by atoms with Gasteiger partial charge in [-0.2, -0.15) is 5.10 Å². The second-order valence-electron chi connectivity index (χ2n) is 5.85. The third-order valence-corrected chi connectivity index (χ3v) is 4.65. The Labute approximate surface area is 120 Å². The molecule has 1 aromatic rings. The van der Waals surface area contributed by atoms with E-state index in [4.69, 9.17) is 4.74 Å². The van der Waals surface area contributed by atoms with Gasteiger partial charge in [0.15, 0.2) is 0 Å². The largest absolute Gasteiger partial charge is 0.480 e. The minimum absolute atomic E-state index is 0.585. The van der Waals surface area contributed by atoms with Gasteiger partial charge < -0.3 is 4.74 Å². The molecular weight excluding hydrogens is 252 g/mol. The molecule has 20 heavy (non-hydrogen) atoms. The summed E-state index contributed by atoms with van der Waals surface area (Å²) in [6.45, 7) is 6.86. The molecule has 5 heteroatoms. The summed E-state index contributed by atoms with van der Waals surface area (Å²) >= 11 is 0. The van der Waals surface area contributed by atoms with Gasteiger partial charge in [0, 0.05) is 37.8 Å². The molecule has 0 unspecified atom stereocenters. The lowest BCUT2D eigenvalue weighted by molar-refractivity contribution is 0.0427. The maximum Gasteiger partial charge on any atom is 0.233 e. The summed E-state index contributed by atoms with van der Waals surface area (Å²) in [7, 11) is 1.62. The third kappa shape index (κ3) is 2.79. The highest BCUT2D eigenvalue weighted by molar-refractivity contribution is 5.11. The molecule has 0 saturated carbocycles. The Kier molecular flexibility index (Phi) is 4.17. The normalized spacial score (nSPS) is 27.5. The lowest BCUT2D eigenvalue weighted by Crippen LogP contribution is -2.55. The number of fused-ring (bicyclic) bond motifs is 1. The van der Waals surface area contributed by atoms with Crippen molar-refractivity contribution in [3.63, 3.8) is 0 Å². The van der Waals surface area contributed by atoms with Crippen molar-refractivity contribution in [2.24, 2.45) is 0 Å². The molecule has 2 aliphatic rings. The average molecular weight is 276 g/mol. The highest BCUT2D eigenvalue weighted by atomic mass is 16.5. The van der Waals surface area contributed by atoms with Crippen LogP contribution in [0.2, 0.25) is 0 Å². The van der Waals surface area contributed by atoms with Gasteiger partial charge in [0.2, 0.25) is 5.88 Å². The SMILES string of the molecule is CC[C@H]1CN2CCC[C@@H]2CN1Cc1ccc(OC)nn1. The molecule has 0 aliphatic carbocycles. The predicted molar refractivity (Wildman–Crippen MR) is 77.7 cm³/mol. The first-order chi connectivity index (χ1) is 9.80. The van der Waals surface area contributed by atoms with Crippen LogP contribution in [-0.2, 0) is 6.54 Å². The molecule has 2 fully saturated rings. The van der Waals surface area contributed by atoms with Crippen LogP contribution < -0.4 is 4.74 Å². The molecule has 1 aromatic heterocycles. The highest BCUT2D eigenvalue weighted by Gasteiger charge is 2.35. The number of aromatic nitrogens is 2. The Morgan fingerprint density at radius 2 is 2.20 bits per heavy atom. The van der Waals surface area contributed by atoms with Gasteiger partial charge in [0.1, 0.15) is 0 Å². The van der Waals surface area contributed by atoms with E-state index in [-0.39, 0.29) is 0 Å². The van der Waals surface area contributed by atoms with Crippen LogP contribution >= 0.6 is 0 Å². The van der Waals surface area contributed by atoms with E-state index in [2.05, 4.69) is 26.9 Å². The van der Waals surface area contributed by atoms with Crippen molar-refractivity contribution in [1.29, 1.82) is 0 Å². The Hall–Kier alpha value is -1.20. The number of piperazine rings is 1. The molecule has 0 spiro atoms. The zero-order valence-electron chi connectivity index (χ0n) is 12.5. The van der Waals surface area contributed by atoms with E-state index in [1.54, 1.807) is 7.11 Å². The molecule has 3 rings (SSSR count). The van der Waals surface area contributed by atoms with E-state index >= 15 is 0 Å². The van der Waals surface area contributed by atoms with Crippen LogP contribution in [0.4, 0.5) is 0 Å². The summed E-state index contributed by atoms with van der Waals surface area (Å²) in [6.07, 6.45) is 3.91. The standard InChI is InChI=1S/C15H24N4O/c1-3-13-10-18-8-4-5-14(18)11-19(13)9-12-6-7-15(20-2)17-16-12/h6-7,13-14H,3-5,8-11H2,1-2H3/t13-,14+/m0/s1. The smallest absolute Gasteiger partial charge is 0.233 e. The number of hydrogen-bond acceptors (Lipinski definition) is 5. The van der Waals surface area contributed by atoms with E-state index in [1.807, 2.05) is 12.1 Å². The fourth-order valence-electron chi connectivity index (χ4n) is 3.48. The zero-order chi connectivity index (χ0) is 13.9. The Morgan fingerprint density at radius 1 is 1.30 bits per heavy atom. The Morgan fingerprint density at radius 3 is 2.90 bits per heavy atom. The van der Waals surface area contributed by atoms with Crippen LogP contribution in [0, 0.1) is 0 Å². The van der Waals surface area contributed by atoms with Gasteiger partial charge >= 0.3 is 0 Å². The van der Waals surface area contributed by atoms with Crippen molar-refractivity contribution >= 4 is 0 Å². The topological polar surface area (TPSA) is 41.5 Å². The maximum absolute atomic E-state index is 5.06. The van der Waals surface area contributed by atoms with Crippen molar-refractivity contribution in [2.75, 3.05) is 26.7 Å². The van der Waals surface area contributed by atoms with Gasteiger partial charge in [-0.3, -0.25) is 9.80 Å². The Bertz CT molecular complexity index is 436. The predicted octanol–water partition coefficient (Wildman–Crippen LogP) is 1.54. The molecule has 0 aromatic carbocycles. The summed E-state index contributed by atoms with van der Waals surface area (Å²) in [5, 5.41) is 8.34. The van der Waals surface area contributed by atoms with Crippen LogP contribution in [0.15, 0.2) is 12.1 Å². The van der Waals surface area contributed by atoms with Crippen molar-refractivity contribution < 1.29 is 4.74 Å². The van der Waals surface area contributed by atoms with Crippen LogP contribution in [0.5, 0.6) is 5.88 Å². The number of nitrogens with zero attached hydrogens (tertiary/aromatic N) is 4. The van der Waals surface area contributed by atoms with Gasteiger partial charge in [0.05, 0.1) is 12.8 Å². The summed E-state index contributed by atoms with van der Waals surface area (Å²) in [5.74, 6) is 0.585.